The number of nitrogen functional groups attached to an aromatic ring is 1. The Hall–Kier alpha value is -1.55. The largest absolute Gasteiger partial charge is 0.399 e. The summed E-state index contributed by atoms with van der Waals surface area (Å²) in [7, 11) is 0. The van der Waals surface area contributed by atoms with E-state index in [0.29, 0.717) is 17.2 Å². The molecule has 4 N–H and O–H groups in total. The van der Waals surface area contributed by atoms with Gasteiger partial charge >= 0.3 is 0 Å². The predicted octanol–water partition coefficient (Wildman–Crippen LogP) is 2.25. The highest BCUT2D eigenvalue weighted by Gasteiger charge is 2.35. The molecule has 0 spiro atoms. The van der Waals surface area contributed by atoms with Crippen molar-refractivity contribution in [3.05, 3.63) is 29.3 Å². The fourth-order valence-electron chi connectivity index (χ4n) is 3.09. The van der Waals surface area contributed by atoms with Crippen LogP contribution < -0.4 is 11.1 Å². The third-order valence-electron chi connectivity index (χ3n) is 4.30. The minimum Gasteiger partial charge on any atom is -0.399 e. The van der Waals surface area contributed by atoms with Gasteiger partial charge in [-0.2, -0.15) is 0 Å². The van der Waals surface area contributed by atoms with Crippen LogP contribution in [0.2, 0.25) is 0 Å². The number of aryl methyl sites for hydroxylation is 1. The van der Waals surface area contributed by atoms with Crippen LogP contribution in [0.1, 0.15) is 48.5 Å². The first-order valence-electron chi connectivity index (χ1n) is 7.25. The van der Waals surface area contributed by atoms with Gasteiger partial charge in [0, 0.05) is 11.3 Å². The second kappa shape index (κ2) is 5.83. The summed E-state index contributed by atoms with van der Waals surface area (Å²) >= 11 is 0. The van der Waals surface area contributed by atoms with Gasteiger partial charge in [-0.05, 0) is 49.4 Å². The summed E-state index contributed by atoms with van der Waals surface area (Å²) in [5, 5.41) is 12.8. The molecule has 1 aliphatic carbocycles. The number of nitrogens with two attached hydrogens (primary N) is 1. The highest BCUT2D eigenvalue weighted by molar-refractivity contribution is 5.95. The summed E-state index contributed by atoms with van der Waals surface area (Å²) in [5.41, 5.74) is 7.48. The zero-order chi connectivity index (χ0) is 14.8. The molecule has 0 heterocycles. The number of rotatable bonds is 3. The first-order valence-corrected chi connectivity index (χ1v) is 7.25. The van der Waals surface area contributed by atoms with Gasteiger partial charge in [0.2, 0.25) is 0 Å². The third kappa shape index (κ3) is 3.12. The first kappa shape index (κ1) is 14.9. The molecular weight excluding hydrogens is 252 g/mol. The van der Waals surface area contributed by atoms with Crippen molar-refractivity contribution in [2.75, 3.05) is 12.3 Å². The van der Waals surface area contributed by atoms with E-state index < -0.39 is 5.54 Å². The molecule has 1 amide bonds. The van der Waals surface area contributed by atoms with E-state index >= 15 is 0 Å². The van der Waals surface area contributed by atoms with Crippen molar-refractivity contribution < 1.29 is 9.90 Å². The topological polar surface area (TPSA) is 75.3 Å². The molecule has 2 atom stereocenters. The third-order valence-corrected chi connectivity index (χ3v) is 4.30. The molecule has 1 aromatic rings. The van der Waals surface area contributed by atoms with E-state index in [9.17, 15) is 9.90 Å². The molecule has 1 saturated carbocycles. The molecule has 1 aromatic carbocycles. The van der Waals surface area contributed by atoms with Crippen molar-refractivity contribution in [2.24, 2.45) is 5.92 Å². The number of hydrogen-bond acceptors (Lipinski definition) is 3. The van der Waals surface area contributed by atoms with Crippen LogP contribution in [-0.2, 0) is 0 Å². The molecular formula is C16H24N2O2. The molecule has 0 bridgehead atoms. The second-order valence-corrected chi connectivity index (χ2v) is 6.17. The Morgan fingerprint density at radius 1 is 1.55 bits per heavy atom. The van der Waals surface area contributed by atoms with Crippen molar-refractivity contribution in [1.82, 2.24) is 5.32 Å². The van der Waals surface area contributed by atoms with Crippen LogP contribution in [0.25, 0.3) is 0 Å². The van der Waals surface area contributed by atoms with Crippen LogP contribution in [0.15, 0.2) is 18.2 Å². The number of anilines is 1. The number of carbonyl (C=O) groups excluding carboxylic acids is 1. The lowest BCUT2D eigenvalue weighted by molar-refractivity contribution is 0.0697. The molecule has 4 nitrogen and oxygen atoms in total. The molecule has 0 saturated heterocycles. The normalized spacial score (nSPS) is 26.2. The van der Waals surface area contributed by atoms with Gasteiger partial charge in [-0.25, -0.2) is 0 Å². The summed E-state index contributed by atoms with van der Waals surface area (Å²) in [4.78, 5) is 12.4. The van der Waals surface area contributed by atoms with Gasteiger partial charge in [0.15, 0.2) is 0 Å². The fourth-order valence-corrected chi connectivity index (χ4v) is 3.09. The number of aliphatic hydroxyl groups is 1. The quantitative estimate of drug-likeness (QED) is 0.741. The smallest absolute Gasteiger partial charge is 0.251 e. The van der Waals surface area contributed by atoms with E-state index in [1.54, 1.807) is 18.2 Å². The zero-order valence-corrected chi connectivity index (χ0v) is 12.3. The highest BCUT2D eigenvalue weighted by Crippen LogP contribution is 2.32. The fraction of sp³-hybridized carbons (Fsp3) is 0.562. The molecule has 1 aliphatic rings. The van der Waals surface area contributed by atoms with Gasteiger partial charge in [0.25, 0.3) is 5.91 Å². The summed E-state index contributed by atoms with van der Waals surface area (Å²) in [6.45, 7) is 4.05. The van der Waals surface area contributed by atoms with Crippen LogP contribution >= 0.6 is 0 Å². The van der Waals surface area contributed by atoms with Crippen molar-refractivity contribution in [1.29, 1.82) is 0 Å². The predicted molar refractivity (Wildman–Crippen MR) is 80.5 cm³/mol. The number of carbonyl (C=O) groups is 1. The number of aliphatic hydroxyl groups excluding tert-OH is 1. The van der Waals surface area contributed by atoms with Crippen LogP contribution in [0.3, 0.4) is 0 Å². The maximum absolute atomic E-state index is 12.4. The van der Waals surface area contributed by atoms with E-state index in [4.69, 9.17) is 5.73 Å². The van der Waals surface area contributed by atoms with E-state index in [1.807, 2.05) is 6.92 Å². The Balaban J connectivity index is 2.14. The molecule has 0 aromatic heterocycles. The molecule has 2 rings (SSSR count). The Bertz CT molecular complexity index is 501. The van der Waals surface area contributed by atoms with Crippen molar-refractivity contribution in [3.8, 4) is 0 Å². The van der Waals surface area contributed by atoms with Crippen molar-refractivity contribution in [3.63, 3.8) is 0 Å². The number of benzene rings is 1. The Morgan fingerprint density at radius 2 is 2.30 bits per heavy atom. The van der Waals surface area contributed by atoms with E-state index in [-0.39, 0.29) is 12.5 Å². The minimum atomic E-state index is -0.468. The lowest BCUT2D eigenvalue weighted by Gasteiger charge is -2.39. The Labute approximate surface area is 120 Å². The number of amides is 1. The van der Waals surface area contributed by atoms with Crippen molar-refractivity contribution in [2.45, 2.75) is 45.1 Å². The van der Waals surface area contributed by atoms with Crippen LogP contribution in [0.5, 0.6) is 0 Å². The van der Waals surface area contributed by atoms with Gasteiger partial charge in [0.1, 0.15) is 0 Å². The van der Waals surface area contributed by atoms with Crippen LogP contribution in [0, 0.1) is 12.8 Å². The van der Waals surface area contributed by atoms with Crippen LogP contribution in [-0.4, -0.2) is 23.2 Å². The van der Waals surface area contributed by atoms with Gasteiger partial charge in [-0.15, -0.1) is 0 Å². The summed E-state index contributed by atoms with van der Waals surface area (Å²) in [6.07, 6.45) is 3.89. The molecule has 0 radical (unpaired) electrons. The zero-order valence-electron chi connectivity index (χ0n) is 12.3. The SMILES string of the molecule is Cc1cc(C(=O)NC2(CO)CCCC(C)C2)ccc1N. The monoisotopic (exact) mass is 276 g/mol. The standard InChI is InChI=1S/C16H24N2O2/c1-11-4-3-7-16(9-11,10-19)18-15(20)13-5-6-14(17)12(2)8-13/h5-6,8,11,19H,3-4,7,9-10,17H2,1-2H3,(H,18,20). The average molecular weight is 276 g/mol. The molecule has 4 heteroatoms. The van der Waals surface area contributed by atoms with E-state index in [2.05, 4.69) is 12.2 Å². The Kier molecular flexibility index (Phi) is 4.33. The average Bonchev–Trinajstić information content (AvgIpc) is 2.41. The highest BCUT2D eigenvalue weighted by atomic mass is 16.3. The van der Waals surface area contributed by atoms with E-state index in [1.165, 1.54) is 6.42 Å². The Morgan fingerprint density at radius 3 is 2.90 bits per heavy atom. The first-order chi connectivity index (χ1) is 9.46. The summed E-state index contributed by atoms with van der Waals surface area (Å²) in [6, 6.07) is 5.27. The maximum Gasteiger partial charge on any atom is 0.251 e. The lowest BCUT2D eigenvalue weighted by Crippen LogP contribution is -2.53. The lowest BCUT2D eigenvalue weighted by atomic mass is 9.76. The van der Waals surface area contributed by atoms with Crippen LogP contribution in [0.4, 0.5) is 5.69 Å². The number of nitrogens with one attached hydrogen (secondary N) is 1. The minimum absolute atomic E-state index is 0.00294. The molecule has 0 aliphatic heterocycles. The number of hydrogen-bond donors (Lipinski definition) is 3. The summed E-state index contributed by atoms with van der Waals surface area (Å²) < 4.78 is 0. The van der Waals surface area contributed by atoms with E-state index in [0.717, 1.165) is 24.8 Å². The summed E-state index contributed by atoms with van der Waals surface area (Å²) in [5.74, 6) is 0.403. The maximum atomic E-state index is 12.4. The van der Waals surface area contributed by atoms with Crippen molar-refractivity contribution >= 4 is 11.6 Å². The van der Waals surface area contributed by atoms with Gasteiger partial charge in [-0.3, -0.25) is 4.79 Å². The van der Waals surface area contributed by atoms with Gasteiger partial charge in [0.05, 0.1) is 12.1 Å². The molecule has 110 valence electrons. The van der Waals surface area contributed by atoms with Gasteiger partial charge < -0.3 is 16.2 Å². The molecule has 20 heavy (non-hydrogen) atoms. The van der Waals surface area contributed by atoms with Gasteiger partial charge in [-0.1, -0.05) is 19.8 Å². The second-order valence-electron chi connectivity index (χ2n) is 6.17. The molecule has 2 unspecified atom stereocenters. The molecule has 1 fully saturated rings.